The molecule has 0 saturated heterocycles. The minimum atomic E-state index is 0.406. The van der Waals surface area contributed by atoms with Crippen LogP contribution in [0.4, 0.5) is 0 Å². The molecule has 2 heteroatoms. The van der Waals surface area contributed by atoms with Crippen LogP contribution in [0.1, 0.15) is 42.3 Å². The third-order valence-corrected chi connectivity index (χ3v) is 1.87. The Balaban J connectivity index is 2.79. The Labute approximate surface area is 66.2 Å². The maximum absolute atomic E-state index is 10.3. The van der Waals surface area contributed by atoms with E-state index in [-0.39, 0.29) is 0 Å². The first-order valence-corrected chi connectivity index (χ1v) is 3.81. The standard InChI is InChI=1S/C9H12O2/c1-3-7(2)9-4-8(5-10)6-11-9/h4-7H,3H2,1-2H3. The van der Waals surface area contributed by atoms with Gasteiger partial charge in [0.2, 0.25) is 0 Å². The predicted molar refractivity (Wildman–Crippen MR) is 42.8 cm³/mol. The molecule has 0 amide bonds. The number of furan rings is 1. The highest BCUT2D eigenvalue weighted by molar-refractivity contribution is 5.74. The van der Waals surface area contributed by atoms with E-state index in [1.807, 2.05) is 0 Å². The van der Waals surface area contributed by atoms with Crippen LogP contribution in [-0.4, -0.2) is 6.29 Å². The monoisotopic (exact) mass is 152 g/mol. The van der Waals surface area contributed by atoms with Crippen LogP contribution >= 0.6 is 0 Å². The van der Waals surface area contributed by atoms with Crippen molar-refractivity contribution >= 4 is 6.29 Å². The first-order chi connectivity index (χ1) is 5.27. The Bertz CT molecular complexity index is 237. The van der Waals surface area contributed by atoms with Gasteiger partial charge < -0.3 is 4.42 Å². The summed E-state index contributed by atoms with van der Waals surface area (Å²) in [5, 5.41) is 0. The smallest absolute Gasteiger partial charge is 0.153 e. The number of hydrogen-bond acceptors (Lipinski definition) is 2. The second-order valence-corrected chi connectivity index (χ2v) is 2.71. The molecule has 60 valence electrons. The Morgan fingerprint density at radius 1 is 1.73 bits per heavy atom. The normalized spacial score (nSPS) is 12.9. The predicted octanol–water partition coefficient (Wildman–Crippen LogP) is 2.61. The molecule has 0 aliphatic carbocycles. The van der Waals surface area contributed by atoms with E-state index < -0.39 is 0 Å². The lowest BCUT2D eigenvalue weighted by atomic mass is 10.1. The summed E-state index contributed by atoms with van der Waals surface area (Å²) in [6.45, 7) is 4.17. The Kier molecular flexibility index (Phi) is 2.47. The van der Waals surface area contributed by atoms with Gasteiger partial charge in [-0.2, -0.15) is 0 Å². The lowest BCUT2D eigenvalue weighted by Crippen LogP contribution is -1.86. The second-order valence-electron chi connectivity index (χ2n) is 2.71. The molecule has 2 nitrogen and oxygen atoms in total. The summed E-state index contributed by atoms with van der Waals surface area (Å²) in [5.41, 5.74) is 0.625. The number of carbonyl (C=O) groups excluding carboxylic acids is 1. The molecule has 0 N–H and O–H groups in total. The number of carbonyl (C=O) groups is 1. The minimum Gasteiger partial charge on any atom is -0.468 e. The lowest BCUT2D eigenvalue weighted by Gasteiger charge is -2.01. The van der Waals surface area contributed by atoms with Gasteiger partial charge in [0, 0.05) is 5.92 Å². The van der Waals surface area contributed by atoms with Crippen molar-refractivity contribution in [3.8, 4) is 0 Å². The van der Waals surface area contributed by atoms with Crippen molar-refractivity contribution in [3.63, 3.8) is 0 Å². The molecular formula is C9H12O2. The molecule has 0 radical (unpaired) electrons. The molecule has 1 aromatic rings. The molecule has 0 aromatic carbocycles. The molecule has 1 unspecified atom stereocenters. The highest BCUT2D eigenvalue weighted by atomic mass is 16.3. The summed E-state index contributed by atoms with van der Waals surface area (Å²) in [4.78, 5) is 10.3. The average molecular weight is 152 g/mol. The summed E-state index contributed by atoms with van der Waals surface area (Å²) in [6, 6.07) is 1.79. The fourth-order valence-corrected chi connectivity index (χ4v) is 0.890. The van der Waals surface area contributed by atoms with Crippen molar-refractivity contribution in [2.45, 2.75) is 26.2 Å². The highest BCUT2D eigenvalue weighted by Gasteiger charge is 2.07. The van der Waals surface area contributed by atoms with E-state index in [1.165, 1.54) is 6.26 Å². The summed E-state index contributed by atoms with van der Waals surface area (Å²) in [6.07, 6.45) is 3.33. The van der Waals surface area contributed by atoms with Crippen LogP contribution in [-0.2, 0) is 0 Å². The van der Waals surface area contributed by atoms with E-state index in [4.69, 9.17) is 4.42 Å². The third kappa shape index (κ3) is 1.70. The summed E-state index contributed by atoms with van der Waals surface area (Å²) >= 11 is 0. The fraction of sp³-hybridized carbons (Fsp3) is 0.444. The van der Waals surface area contributed by atoms with Crippen molar-refractivity contribution in [1.82, 2.24) is 0 Å². The molecule has 1 atom stereocenters. The van der Waals surface area contributed by atoms with Crippen molar-refractivity contribution < 1.29 is 9.21 Å². The quantitative estimate of drug-likeness (QED) is 0.623. The summed E-state index contributed by atoms with van der Waals surface area (Å²) in [5.74, 6) is 1.30. The average Bonchev–Trinajstić information content (AvgIpc) is 2.50. The maximum Gasteiger partial charge on any atom is 0.153 e. The minimum absolute atomic E-state index is 0.406. The molecule has 0 spiro atoms. The van der Waals surface area contributed by atoms with Crippen molar-refractivity contribution in [1.29, 1.82) is 0 Å². The fourth-order valence-electron chi connectivity index (χ4n) is 0.890. The highest BCUT2D eigenvalue weighted by Crippen LogP contribution is 2.19. The van der Waals surface area contributed by atoms with Crippen LogP contribution in [0.25, 0.3) is 0 Å². The molecule has 1 heterocycles. The van der Waals surface area contributed by atoms with Gasteiger partial charge in [-0.15, -0.1) is 0 Å². The molecular weight excluding hydrogens is 140 g/mol. The topological polar surface area (TPSA) is 30.2 Å². The molecule has 0 aliphatic rings. The van der Waals surface area contributed by atoms with E-state index in [1.54, 1.807) is 6.07 Å². The van der Waals surface area contributed by atoms with Crippen molar-refractivity contribution in [3.05, 3.63) is 23.7 Å². The van der Waals surface area contributed by atoms with Crippen molar-refractivity contribution in [2.24, 2.45) is 0 Å². The maximum atomic E-state index is 10.3. The molecule has 0 saturated carbocycles. The zero-order chi connectivity index (χ0) is 8.27. The van der Waals surface area contributed by atoms with Crippen LogP contribution < -0.4 is 0 Å². The Morgan fingerprint density at radius 3 is 2.91 bits per heavy atom. The van der Waals surface area contributed by atoms with E-state index in [0.29, 0.717) is 11.5 Å². The van der Waals surface area contributed by atoms with Crippen LogP contribution in [0.5, 0.6) is 0 Å². The zero-order valence-electron chi connectivity index (χ0n) is 6.83. The van der Waals surface area contributed by atoms with Gasteiger partial charge in [0.1, 0.15) is 12.0 Å². The van der Waals surface area contributed by atoms with Crippen LogP contribution in [0.3, 0.4) is 0 Å². The number of hydrogen-bond donors (Lipinski definition) is 0. The lowest BCUT2D eigenvalue weighted by molar-refractivity contribution is 0.112. The zero-order valence-corrected chi connectivity index (χ0v) is 6.83. The molecule has 11 heavy (non-hydrogen) atoms. The summed E-state index contributed by atoms with van der Waals surface area (Å²) < 4.78 is 5.18. The first-order valence-electron chi connectivity index (χ1n) is 3.81. The van der Waals surface area contributed by atoms with Crippen molar-refractivity contribution in [2.75, 3.05) is 0 Å². The van der Waals surface area contributed by atoms with Gasteiger partial charge in [-0.05, 0) is 12.5 Å². The van der Waals surface area contributed by atoms with Crippen LogP contribution in [0.2, 0.25) is 0 Å². The van der Waals surface area contributed by atoms with Gasteiger partial charge in [-0.3, -0.25) is 4.79 Å². The first kappa shape index (κ1) is 8.05. The van der Waals surface area contributed by atoms with Gasteiger partial charge >= 0.3 is 0 Å². The molecule has 1 rings (SSSR count). The van der Waals surface area contributed by atoms with E-state index in [9.17, 15) is 4.79 Å². The van der Waals surface area contributed by atoms with Gasteiger partial charge in [-0.25, -0.2) is 0 Å². The number of aldehydes is 1. The Morgan fingerprint density at radius 2 is 2.45 bits per heavy atom. The third-order valence-electron chi connectivity index (χ3n) is 1.87. The van der Waals surface area contributed by atoms with Gasteiger partial charge in [-0.1, -0.05) is 13.8 Å². The summed E-state index contributed by atoms with van der Waals surface area (Å²) in [7, 11) is 0. The molecule has 1 aromatic heterocycles. The molecule has 0 bridgehead atoms. The van der Waals surface area contributed by atoms with Gasteiger partial charge in [0.05, 0.1) is 5.56 Å². The number of rotatable bonds is 3. The van der Waals surface area contributed by atoms with E-state index in [2.05, 4.69) is 13.8 Å². The van der Waals surface area contributed by atoms with Crippen LogP contribution in [0, 0.1) is 0 Å². The second kappa shape index (κ2) is 3.37. The van der Waals surface area contributed by atoms with Gasteiger partial charge in [0.25, 0.3) is 0 Å². The van der Waals surface area contributed by atoms with E-state index >= 15 is 0 Å². The van der Waals surface area contributed by atoms with Gasteiger partial charge in [0.15, 0.2) is 6.29 Å². The van der Waals surface area contributed by atoms with E-state index in [0.717, 1.165) is 18.5 Å². The molecule has 0 aliphatic heterocycles. The largest absolute Gasteiger partial charge is 0.468 e. The SMILES string of the molecule is CCC(C)c1cc(C=O)co1. The van der Waals surface area contributed by atoms with Crippen LogP contribution in [0.15, 0.2) is 16.7 Å². The Hall–Kier alpha value is -1.05. The molecule has 0 fully saturated rings.